The van der Waals surface area contributed by atoms with E-state index in [-0.39, 0.29) is 36.1 Å². The summed E-state index contributed by atoms with van der Waals surface area (Å²) in [6.07, 6.45) is -4.67. The van der Waals surface area contributed by atoms with Gasteiger partial charge in [-0.15, -0.1) is 0 Å². The van der Waals surface area contributed by atoms with Crippen molar-refractivity contribution in [1.29, 1.82) is 0 Å². The van der Waals surface area contributed by atoms with Crippen molar-refractivity contribution in [3.8, 4) is 0 Å². The van der Waals surface area contributed by atoms with E-state index in [1.54, 1.807) is 11.8 Å². The van der Waals surface area contributed by atoms with Gasteiger partial charge < -0.3 is 35.8 Å². The molecule has 2 aliphatic rings. The molecule has 27 heavy (non-hydrogen) atoms. The fraction of sp³-hybridized carbons (Fsp3) is 0.812. The van der Waals surface area contributed by atoms with Crippen molar-refractivity contribution < 1.29 is 39.5 Å². The van der Waals surface area contributed by atoms with Gasteiger partial charge in [-0.25, -0.2) is 4.79 Å². The molecular weight excluding hydrogens is 380 g/mol. The molecule has 2 rings (SSSR count). The fourth-order valence-corrected chi connectivity index (χ4v) is 4.72. The summed E-state index contributed by atoms with van der Waals surface area (Å²) in [5, 5.41) is 43.4. The number of hydrogen-bond acceptors (Lipinski definition) is 9. The zero-order chi connectivity index (χ0) is 20.0. The standard InChI is InChI=1S/C16H26N2O8S/c19-5-9(21)14(23)15(24)10(6-20)26-12(22)4-2-1-3-11-13-8(7-27-11)17-16(25)18-13/h6,8-11,13-15,19,21,23-24H,1-5,7H2,(H2,17,18,25)/t8-,9+,10-,11-,13-,14+,15+/m0/s1. The SMILES string of the molecule is O=C[C@H](OC(=O)CCCC[C@@H]1SC[C@@H]2NC(=O)N[C@@H]21)[C@@H](O)[C@H](O)[C@H](O)CO. The van der Waals surface area contributed by atoms with Gasteiger partial charge in [0, 0.05) is 17.4 Å². The van der Waals surface area contributed by atoms with Crippen LogP contribution in [-0.2, 0) is 14.3 Å². The van der Waals surface area contributed by atoms with Crippen LogP contribution in [-0.4, -0.2) is 92.8 Å². The van der Waals surface area contributed by atoms with Crippen LogP contribution < -0.4 is 10.6 Å². The van der Waals surface area contributed by atoms with E-state index in [1.165, 1.54) is 0 Å². The number of hydrogen-bond donors (Lipinski definition) is 6. The molecule has 7 atom stereocenters. The van der Waals surface area contributed by atoms with Crippen molar-refractivity contribution in [2.45, 2.75) is 67.4 Å². The van der Waals surface area contributed by atoms with Gasteiger partial charge in [0.15, 0.2) is 12.4 Å². The van der Waals surface area contributed by atoms with Crippen LogP contribution in [0.3, 0.4) is 0 Å². The zero-order valence-corrected chi connectivity index (χ0v) is 15.5. The maximum atomic E-state index is 11.8. The molecule has 0 aromatic heterocycles. The van der Waals surface area contributed by atoms with Crippen LogP contribution in [0.15, 0.2) is 0 Å². The van der Waals surface area contributed by atoms with Gasteiger partial charge in [0.2, 0.25) is 0 Å². The molecule has 154 valence electrons. The van der Waals surface area contributed by atoms with E-state index < -0.39 is 37.0 Å². The molecule has 2 saturated heterocycles. The minimum absolute atomic E-state index is 0.0335. The Morgan fingerprint density at radius 3 is 2.67 bits per heavy atom. The average molecular weight is 406 g/mol. The lowest BCUT2D eigenvalue weighted by molar-refractivity contribution is -0.168. The van der Waals surface area contributed by atoms with Crippen molar-refractivity contribution in [2.24, 2.45) is 0 Å². The van der Waals surface area contributed by atoms with E-state index in [0.717, 1.165) is 18.6 Å². The van der Waals surface area contributed by atoms with Crippen LogP contribution in [0.5, 0.6) is 0 Å². The molecule has 2 aliphatic heterocycles. The first kappa shape index (κ1) is 21.9. The summed E-state index contributed by atoms with van der Waals surface area (Å²) in [4.78, 5) is 34.2. The molecule has 0 saturated carbocycles. The number of aliphatic hydroxyl groups is 4. The van der Waals surface area contributed by atoms with Gasteiger partial charge in [0.1, 0.15) is 18.3 Å². The number of amides is 2. The topological polar surface area (TPSA) is 165 Å². The number of aliphatic hydroxyl groups excluding tert-OH is 4. The van der Waals surface area contributed by atoms with E-state index in [0.29, 0.717) is 6.42 Å². The number of urea groups is 1. The summed E-state index contributed by atoms with van der Waals surface area (Å²) in [6.45, 7) is -0.811. The number of carbonyl (C=O) groups is 3. The van der Waals surface area contributed by atoms with E-state index in [1.807, 2.05) is 0 Å². The lowest BCUT2D eigenvalue weighted by Gasteiger charge is -2.25. The minimum Gasteiger partial charge on any atom is -0.452 e. The Labute approximate surface area is 160 Å². The number of carbonyl (C=O) groups excluding carboxylic acids is 3. The molecule has 2 fully saturated rings. The third-order valence-electron chi connectivity index (χ3n) is 4.73. The maximum absolute atomic E-state index is 11.8. The summed E-state index contributed by atoms with van der Waals surface area (Å²) in [5.41, 5.74) is 0. The van der Waals surface area contributed by atoms with Crippen molar-refractivity contribution in [3.05, 3.63) is 0 Å². The van der Waals surface area contributed by atoms with E-state index in [9.17, 15) is 29.7 Å². The smallest absolute Gasteiger partial charge is 0.315 e. The second kappa shape index (κ2) is 10.2. The molecule has 0 radical (unpaired) electrons. The Bertz CT molecular complexity index is 537. The van der Waals surface area contributed by atoms with E-state index in [4.69, 9.17) is 9.84 Å². The summed E-state index contributed by atoms with van der Waals surface area (Å²) in [5.74, 6) is 0.154. The number of thioether (sulfide) groups is 1. The Morgan fingerprint density at radius 2 is 2.00 bits per heavy atom. The average Bonchev–Trinajstić information content (AvgIpc) is 3.20. The highest BCUT2D eigenvalue weighted by Gasteiger charge is 2.42. The Balaban J connectivity index is 1.67. The molecule has 11 heteroatoms. The van der Waals surface area contributed by atoms with Crippen LogP contribution in [0.4, 0.5) is 4.79 Å². The highest BCUT2D eigenvalue weighted by Crippen LogP contribution is 2.33. The van der Waals surface area contributed by atoms with Gasteiger partial charge in [-0.05, 0) is 12.8 Å². The van der Waals surface area contributed by atoms with Crippen LogP contribution >= 0.6 is 11.8 Å². The van der Waals surface area contributed by atoms with Gasteiger partial charge in [0.05, 0.1) is 18.7 Å². The number of aldehydes is 1. The Kier molecular flexibility index (Phi) is 8.29. The number of esters is 1. The highest BCUT2D eigenvalue weighted by molar-refractivity contribution is 8.00. The Hall–Kier alpha value is -1.40. The second-order valence-corrected chi connectivity index (χ2v) is 7.96. The van der Waals surface area contributed by atoms with Gasteiger partial charge in [-0.2, -0.15) is 11.8 Å². The van der Waals surface area contributed by atoms with Gasteiger partial charge in [-0.1, -0.05) is 6.42 Å². The van der Waals surface area contributed by atoms with E-state index in [2.05, 4.69) is 10.6 Å². The lowest BCUT2D eigenvalue weighted by atomic mass is 10.0. The van der Waals surface area contributed by atoms with Gasteiger partial charge in [0.25, 0.3) is 0 Å². The number of ether oxygens (including phenoxy) is 1. The molecular formula is C16H26N2O8S. The number of fused-ring (bicyclic) bond motifs is 1. The third kappa shape index (κ3) is 5.79. The molecule has 2 amide bonds. The molecule has 0 unspecified atom stereocenters. The summed E-state index contributed by atoms with van der Waals surface area (Å²) in [7, 11) is 0. The lowest BCUT2D eigenvalue weighted by Crippen LogP contribution is -2.48. The predicted molar refractivity (Wildman–Crippen MR) is 95.0 cm³/mol. The van der Waals surface area contributed by atoms with E-state index >= 15 is 0 Å². The van der Waals surface area contributed by atoms with Crippen LogP contribution in [0.2, 0.25) is 0 Å². The van der Waals surface area contributed by atoms with Crippen molar-refractivity contribution >= 4 is 30.0 Å². The van der Waals surface area contributed by atoms with Crippen molar-refractivity contribution in [2.75, 3.05) is 12.4 Å². The Morgan fingerprint density at radius 1 is 1.26 bits per heavy atom. The molecule has 0 aromatic rings. The molecule has 10 nitrogen and oxygen atoms in total. The van der Waals surface area contributed by atoms with Crippen LogP contribution in [0.1, 0.15) is 25.7 Å². The van der Waals surface area contributed by atoms with Crippen LogP contribution in [0, 0.1) is 0 Å². The molecule has 6 N–H and O–H groups in total. The monoisotopic (exact) mass is 406 g/mol. The first-order valence-corrected chi connectivity index (χ1v) is 9.90. The summed E-state index contributed by atoms with van der Waals surface area (Å²) < 4.78 is 4.85. The third-order valence-corrected chi connectivity index (χ3v) is 6.24. The first-order chi connectivity index (χ1) is 12.9. The number of unbranched alkanes of at least 4 members (excludes halogenated alkanes) is 1. The van der Waals surface area contributed by atoms with Crippen molar-refractivity contribution in [1.82, 2.24) is 10.6 Å². The van der Waals surface area contributed by atoms with Gasteiger partial charge >= 0.3 is 12.0 Å². The van der Waals surface area contributed by atoms with Gasteiger partial charge in [-0.3, -0.25) is 9.59 Å². The maximum Gasteiger partial charge on any atom is 0.315 e. The van der Waals surface area contributed by atoms with Crippen molar-refractivity contribution in [3.63, 3.8) is 0 Å². The van der Waals surface area contributed by atoms with Crippen LogP contribution in [0.25, 0.3) is 0 Å². The quantitative estimate of drug-likeness (QED) is 0.0975. The predicted octanol–water partition coefficient (Wildman–Crippen LogP) is -2.10. The number of nitrogens with one attached hydrogen (secondary N) is 2. The first-order valence-electron chi connectivity index (χ1n) is 8.85. The molecule has 0 spiro atoms. The number of rotatable bonds is 11. The molecule has 0 bridgehead atoms. The molecule has 0 aliphatic carbocycles. The highest BCUT2D eigenvalue weighted by atomic mass is 32.2. The zero-order valence-electron chi connectivity index (χ0n) is 14.7. The normalized spacial score (nSPS) is 28.4. The molecule has 0 aromatic carbocycles. The summed E-state index contributed by atoms with van der Waals surface area (Å²) >= 11 is 1.78. The fourth-order valence-electron chi connectivity index (χ4n) is 3.18. The summed E-state index contributed by atoms with van der Waals surface area (Å²) in [6, 6.07) is 0.0994. The molecule has 2 heterocycles. The second-order valence-electron chi connectivity index (χ2n) is 6.69. The largest absolute Gasteiger partial charge is 0.452 e. The minimum atomic E-state index is -1.83.